The summed E-state index contributed by atoms with van der Waals surface area (Å²) in [4.78, 5) is 28.2. The molecule has 0 saturated heterocycles. The average molecular weight is 282 g/mol. The maximum Gasteiger partial charge on any atom is 0.252 e. The standard InChI is InChI=1S/C15H26N2O3/c1-5-20-17-13(19)9-12(18)16-11-8-10-6-7-15(11,4)14(10,2)3/h10-11H,5-9H2,1-4H3,(H,16,18)(H,17,19)/t10-,11-,15+/m1/s1. The molecule has 2 N–H and O–H groups in total. The molecule has 114 valence electrons. The Morgan fingerprint density at radius 1 is 1.25 bits per heavy atom. The van der Waals surface area contributed by atoms with Gasteiger partial charge in [0, 0.05) is 6.04 Å². The van der Waals surface area contributed by atoms with E-state index in [2.05, 4.69) is 31.6 Å². The Labute approximate surface area is 120 Å². The fraction of sp³-hybridized carbons (Fsp3) is 0.867. The van der Waals surface area contributed by atoms with Crippen LogP contribution in [0, 0.1) is 16.7 Å². The average Bonchev–Trinajstić information content (AvgIpc) is 2.69. The van der Waals surface area contributed by atoms with E-state index < -0.39 is 5.91 Å². The van der Waals surface area contributed by atoms with E-state index in [1.807, 2.05) is 0 Å². The molecule has 0 spiro atoms. The number of rotatable bonds is 5. The lowest BCUT2D eigenvalue weighted by Gasteiger charge is -2.39. The topological polar surface area (TPSA) is 67.4 Å². The van der Waals surface area contributed by atoms with Gasteiger partial charge in [-0.3, -0.25) is 14.4 Å². The molecule has 5 nitrogen and oxygen atoms in total. The molecule has 2 aliphatic carbocycles. The first-order valence-corrected chi connectivity index (χ1v) is 7.51. The predicted octanol–water partition coefficient (Wildman–Crippen LogP) is 1.78. The van der Waals surface area contributed by atoms with E-state index in [1.165, 1.54) is 6.42 Å². The van der Waals surface area contributed by atoms with Crippen molar-refractivity contribution in [3.63, 3.8) is 0 Å². The summed E-state index contributed by atoms with van der Waals surface area (Å²) in [5.74, 6) is 0.0729. The van der Waals surface area contributed by atoms with Crippen molar-refractivity contribution >= 4 is 11.8 Å². The first-order chi connectivity index (χ1) is 9.31. The van der Waals surface area contributed by atoms with Crippen molar-refractivity contribution in [2.24, 2.45) is 16.7 Å². The van der Waals surface area contributed by atoms with Gasteiger partial charge in [-0.25, -0.2) is 5.48 Å². The van der Waals surface area contributed by atoms with Gasteiger partial charge in [-0.2, -0.15) is 0 Å². The number of fused-ring (bicyclic) bond motifs is 2. The summed E-state index contributed by atoms with van der Waals surface area (Å²) < 4.78 is 0. The smallest absolute Gasteiger partial charge is 0.252 e. The second-order valence-corrected chi connectivity index (χ2v) is 6.87. The van der Waals surface area contributed by atoms with Crippen LogP contribution in [0.1, 0.15) is 53.4 Å². The molecular weight excluding hydrogens is 256 g/mol. The fourth-order valence-electron chi connectivity index (χ4n) is 4.00. The minimum Gasteiger partial charge on any atom is -0.352 e. The largest absolute Gasteiger partial charge is 0.352 e. The van der Waals surface area contributed by atoms with Gasteiger partial charge in [-0.05, 0) is 42.9 Å². The lowest BCUT2D eigenvalue weighted by Crippen LogP contribution is -2.47. The van der Waals surface area contributed by atoms with Gasteiger partial charge in [0.25, 0.3) is 5.91 Å². The maximum absolute atomic E-state index is 12.0. The van der Waals surface area contributed by atoms with Gasteiger partial charge in [-0.1, -0.05) is 20.8 Å². The zero-order valence-electron chi connectivity index (χ0n) is 12.9. The Hall–Kier alpha value is -1.10. The normalized spacial score (nSPS) is 34.0. The number of amides is 2. The Morgan fingerprint density at radius 2 is 1.95 bits per heavy atom. The van der Waals surface area contributed by atoms with Crippen LogP contribution in [0.3, 0.4) is 0 Å². The van der Waals surface area contributed by atoms with E-state index in [4.69, 9.17) is 4.84 Å². The van der Waals surface area contributed by atoms with Gasteiger partial charge in [0.05, 0.1) is 6.61 Å². The Bertz CT molecular complexity index is 408. The Balaban J connectivity index is 1.89. The molecule has 2 bridgehead atoms. The van der Waals surface area contributed by atoms with Crippen LogP contribution in [-0.2, 0) is 14.4 Å². The lowest BCUT2D eigenvalue weighted by molar-refractivity contribution is -0.138. The van der Waals surface area contributed by atoms with Crippen LogP contribution < -0.4 is 10.8 Å². The van der Waals surface area contributed by atoms with E-state index in [9.17, 15) is 9.59 Å². The highest BCUT2D eigenvalue weighted by molar-refractivity contribution is 5.96. The minimum atomic E-state index is -0.392. The first kappa shape index (κ1) is 15.3. The molecule has 5 heteroatoms. The Kier molecular flexibility index (Phi) is 4.09. The van der Waals surface area contributed by atoms with Crippen LogP contribution in [-0.4, -0.2) is 24.5 Å². The molecule has 0 aromatic heterocycles. The molecule has 0 aliphatic heterocycles. The van der Waals surface area contributed by atoms with Gasteiger partial charge in [0.15, 0.2) is 0 Å². The number of hydrogen-bond acceptors (Lipinski definition) is 3. The summed E-state index contributed by atoms with van der Waals surface area (Å²) in [7, 11) is 0. The highest BCUT2D eigenvalue weighted by Crippen LogP contribution is 2.65. The quantitative estimate of drug-likeness (QED) is 0.596. The molecule has 2 fully saturated rings. The molecule has 0 aromatic carbocycles. The van der Waals surface area contributed by atoms with E-state index in [-0.39, 0.29) is 29.2 Å². The predicted molar refractivity (Wildman–Crippen MR) is 75.5 cm³/mol. The van der Waals surface area contributed by atoms with Crippen molar-refractivity contribution in [2.45, 2.75) is 59.4 Å². The number of carbonyl (C=O) groups is 2. The maximum atomic E-state index is 12.0. The highest BCUT2D eigenvalue weighted by Gasteiger charge is 2.61. The van der Waals surface area contributed by atoms with Gasteiger partial charge in [0.2, 0.25) is 5.91 Å². The van der Waals surface area contributed by atoms with Crippen LogP contribution in [0.25, 0.3) is 0 Å². The summed E-state index contributed by atoms with van der Waals surface area (Å²) in [5, 5.41) is 3.06. The molecule has 0 aromatic rings. The Morgan fingerprint density at radius 3 is 2.45 bits per heavy atom. The monoisotopic (exact) mass is 282 g/mol. The minimum absolute atomic E-state index is 0.143. The highest BCUT2D eigenvalue weighted by atomic mass is 16.6. The molecule has 2 rings (SSSR count). The number of carbonyl (C=O) groups excluding carboxylic acids is 2. The SMILES string of the molecule is CCONC(=O)CC(=O)N[C@@H]1C[C@H]2CC[C@]1(C)C2(C)C. The zero-order chi connectivity index (χ0) is 15.0. The van der Waals surface area contributed by atoms with Gasteiger partial charge in [0.1, 0.15) is 6.42 Å². The van der Waals surface area contributed by atoms with E-state index in [0.29, 0.717) is 12.5 Å². The van der Waals surface area contributed by atoms with Gasteiger partial charge >= 0.3 is 0 Å². The summed E-state index contributed by atoms with van der Waals surface area (Å²) in [6.07, 6.45) is 3.27. The van der Waals surface area contributed by atoms with Crippen molar-refractivity contribution in [2.75, 3.05) is 6.61 Å². The van der Waals surface area contributed by atoms with E-state index in [0.717, 1.165) is 12.8 Å². The molecule has 2 amide bonds. The summed E-state index contributed by atoms with van der Waals surface area (Å²) in [6.45, 7) is 9.05. The number of hydrogen-bond donors (Lipinski definition) is 2. The third-order valence-electron chi connectivity index (χ3n) is 5.78. The van der Waals surface area contributed by atoms with Crippen molar-refractivity contribution in [3.05, 3.63) is 0 Å². The molecule has 2 saturated carbocycles. The molecule has 0 radical (unpaired) electrons. The fourth-order valence-corrected chi connectivity index (χ4v) is 4.00. The van der Waals surface area contributed by atoms with Gasteiger partial charge < -0.3 is 5.32 Å². The molecule has 0 heterocycles. The van der Waals surface area contributed by atoms with Crippen molar-refractivity contribution in [1.29, 1.82) is 0 Å². The van der Waals surface area contributed by atoms with Crippen LogP contribution in [0.5, 0.6) is 0 Å². The first-order valence-electron chi connectivity index (χ1n) is 7.51. The van der Waals surface area contributed by atoms with Crippen molar-refractivity contribution in [3.8, 4) is 0 Å². The van der Waals surface area contributed by atoms with Crippen LogP contribution in [0.2, 0.25) is 0 Å². The summed E-state index contributed by atoms with van der Waals surface area (Å²) in [5.41, 5.74) is 2.65. The van der Waals surface area contributed by atoms with Crippen LogP contribution in [0.15, 0.2) is 0 Å². The molecule has 2 aliphatic rings. The van der Waals surface area contributed by atoms with E-state index in [1.54, 1.807) is 6.92 Å². The lowest BCUT2D eigenvalue weighted by atomic mass is 9.69. The third kappa shape index (κ3) is 2.43. The van der Waals surface area contributed by atoms with Crippen molar-refractivity contribution < 1.29 is 14.4 Å². The zero-order valence-corrected chi connectivity index (χ0v) is 12.9. The van der Waals surface area contributed by atoms with Crippen LogP contribution in [0.4, 0.5) is 0 Å². The van der Waals surface area contributed by atoms with Crippen molar-refractivity contribution in [1.82, 2.24) is 10.8 Å². The molecule has 0 unspecified atom stereocenters. The molecule has 3 atom stereocenters. The van der Waals surface area contributed by atoms with Crippen LogP contribution >= 0.6 is 0 Å². The second-order valence-electron chi connectivity index (χ2n) is 6.87. The third-order valence-corrected chi connectivity index (χ3v) is 5.78. The number of nitrogens with one attached hydrogen (secondary N) is 2. The van der Waals surface area contributed by atoms with Gasteiger partial charge in [-0.15, -0.1) is 0 Å². The summed E-state index contributed by atoms with van der Waals surface area (Å²) >= 11 is 0. The summed E-state index contributed by atoms with van der Waals surface area (Å²) in [6, 6.07) is 0.184. The number of hydroxylamine groups is 1. The molecular formula is C15H26N2O3. The second kappa shape index (κ2) is 5.35. The van der Waals surface area contributed by atoms with E-state index >= 15 is 0 Å². The molecule has 20 heavy (non-hydrogen) atoms.